The molecule has 0 saturated carbocycles. The summed E-state index contributed by atoms with van der Waals surface area (Å²) in [6, 6.07) is 0. The Morgan fingerprint density at radius 3 is 1.47 bits per heavy atom. The smallest absolute Gasteiger partial charge is 0.00773 e. The third-order valence-electron chi connectivity index (χ3n) is 4.25. The Kier molecular flexibility index (Phi) is 16.0. The zero-order valence-electron chi connectivity index (χ0n) is 13.8. The summed E-state index contributed by atoms with van der Waals surface area (Å²) in [6.07, 6.45) is 19.8. The predicted octanol–water partition coefficient (Wildman–Crippen LogP) is 6.06. The fraction of sp³-hybridized carbons (Fsp3) is 1.00. The Bertz CT molecular complexity index is 156. The molecule has 0 rings (SSSR count). The standard InChI is InChI=1S/C18H39N/c1-3-5-7-9-11-15-18(16-12-13-17-19)14-10-8-6-4-2/h18H,3-17,19H2,1-2H3/t18-/m1/s1. The van der Waals surface area contributed by atoms with E-state index >= 15 is 0 Å². The summed E-state index contributed by atoms with van der Waals surface area (Å²) in [5, 5.41) is 0. The van der Waals surface area contributed by atoms with E-state index in [-0.39, 0.29) is 0 Å². The average Bonchev–Trinajstić information content (AvgIpc) is 2.42. The molecule has 0 aliphatic heterocycles. The minimum atomic E-state index is 0.874. The second-order valence-corrected chi connectivity index (χ2v) is 6.20. The van der Waals surface area contributed by atoms with Gasteiger partial charge >= 0.3 is 0 Å². The fourth-order valence-corrected chi connectivity index (χ4v) is 2.91. The van der Waals surface area contributed by atoms with Crippen LogP contribution in [0.5, 0.6) is 0 Å². The summed E-state index contributed by atoms with van der Waals surface area (Å²) in [7, 11) is 0. The maximum absolute atomic E-state index is 5.61. The summed E-state index contributed by atoms with van der Waals surface area (Å²) in [5.41, 5.74) is 5.61. The van der Waals surface area contributed by atoms with E-state index in [4.69, 9.17) is 5.73 Å². The van der Waals surface area contributed by atoms with Crippen LogP contribution in [-0.4, -0.2) is 6.54 Å². The third-order valence-corrected chi connectivity index (χ3v) is 4.25. The Morgan fingerprint density at radius 1 is 0.579 bits per heavy atom. The van der Waals surface area contributed by atoms with E-state index in [1.165, 1.54) is 89.9 Å². The first-order valence-corrected chi connectivity index (χ1v) is 9.05. The predicted molar refractivity (Wildman–Crippen MR) is 88.5 cm³/mol. The summed E-state index contributed by atoms with van der Waals surface area (Å²) in [6.45, 7) is 5.47. The second-order valence-electron chi connectivity index (χ2n) is 6.20. The van der Waals surface area contributed by atoms with Crippen LogP contribution in [0.4, 0.5) is 0 Å². The first-order valence-electron chi connectivity index (χ1n) is 9.05. The average molecular weight is 270 g/mol. The fourth-order valence-electron chi connectivity index (χ4n) is 2.91. The molecule has 0 unspecified atom stereocenters. The molecule has 0 aromatic heterocycles. The molecule has 0 aromatic rings. The molecule has 0 aliphatic carbocycles. The Balaban J connectivity index is 3.63. The van der Waals surface area contributed by atoms with Crippen molar-refractivity contribution in [3.05, 3.63) is 0 Å². The zero-order chi connectivity index (χ0) is 14.2. The summed E-state index contributed by atoms with van der Waals surface area (Å²) < 4.78 is 0. The van der Waals surface area contributed by atoms with Crippen molar-refractivity contribution in [3.63, 3.8) is 0 Å². The van der Waals surface area contributed by atoms with Crippen LogP contribution in [0.15, 0.2) is 0 Å². The Labute approximate surface area is 122 Å². The molecule has 1 heteroatoms. The molecule has 1 atom stereocenters. The van der Waals surface area contributed by atoms with Gasteiger partial charge in [0, 0.05) is 0 Å². The lowest BCUT2D eigenvalue weighted by Gasteiger charge is -2.16. The molecule has 1 nitrogen and oxygen atoms in total. The number of hydrogen-bond donors (Lipinski definition) is 1. The van der Waals surface area contributed by atoms with Gasteiger partial charge in [-0.15, -0.1) is 0 Å². The zero-order valence-corrected chi connectivity index (χ0v) is 13.8. The van der Waals surface area contributed by atoms with Gasteiger partial charge in [-0.2, -0.15) is 0 Å². The van der Waals surface area contributed by atoms with Gasteiger partial charge < -0.3 is 5.73 Å². The maximum atomic E-state index is 5.61. The van der Waals surface area contributed by atoms with Crippen LogP contribution in [0.3, 0.4) is 0 Å². The summed E-state index contributed by atoms with van der Waals surface area (Å²) in [5.74, 6) is 0.991. The van der Waals surface area contributed by atoms with Crippen LogP contribution in [0, 0.1) is 5.92 Å². The molecule has 0 aliphatic rings. The summed E-state index contributed by atoms with van der Waals surface area (Å²) in [4.78, 5) is 0. The first kappa shape index (κ1) is 19.0. The van der Waals surface area contributed by atoms with E-state index in [0.29, 0.717) is 0 Å². The highest BCUT2D eigenvalue weighted by Crippen LogP contribution is 2.23. The monoisotopic (exact) mass is 269 g/mol. The minimum Gasteiger partial charge on any atom is -0.330 e. The van der Waals surface area contributed by atoms with Crippen molar-refractivity contribution in [2.24, 2.45) is 11.7 Å². The van der Waals surface area contributed by atoms with Gasteiger partial charge in [-0.3, -0.25) is 0 Å². The van der Waals surface area contributed by atoms with E-state index in [1.807, 2.05) is 0 Å². The molecule has 0 saturated heterocycles. The van der Waals surface area contributed by atoms with Crippen LogP contribution in [0.25, 0.3) is 0 Å². The molecule has 116 valence electrons. The van der Waals surface area contributed by atoms with Gasteiger partial charge in [0.1, 0.15) is 0 Å². The molecule has 0 radical (unpaired) electrons. The van der Waals surface area contributed by atoms with Crippen molar-refractivity contribution in [1.82, 2.24) is 0 Å². The van der Waals surface area contributed by atoms with Crippen molar-refractivity contribution in [1.29, 1.82) is 0 Å². The molecule has 19 heavy (non-hydrogen) atoms. The largest absolute Gasteiger partial charge is 0.330 e. The molecule has 0 fully saturated rings. The second kappa shape index (κ2) is 16.0. The number of unbranched alkanes of at least 4 members (excludes halogenated alkanes) is 8. The first-order chi connectivity index (χ1) is 9.35. The van der Waals surface area contributed by atoms with Crippen molar-refractivity contribution < 1.29 is 0 Å². The number of rotatable bonds is 15. The SMILES string of the molecule is CCCCCCC[C@H](CCCCN)CCCCCC. The van der Waals surface area contributed by atoms with Gasteiger partial charge in [0.25, 0.3) is 0 Å². The molecule has 2 N–H and O–H groups in total. The molecule has 0 aromatic carbocycles. The number of hydrogen-bond acceptors (Lipinski definition) is 1. The highest BCUT2D eigenvalue weighted by Gasteiger charge is 2.08. The maximum Gasteiger partial charge on any atom is -0.00773 e. The Morgan fingerprint density at radius 2 is 1.00 bits per heavy atom. The lowest BCUT2D eigenvalue weighted by molar-refractivity contribution is 0.370. The van der Waals surface area contributed by atoms with E-state index < -0.39 is 0 Å². The van der Waals surface area contributed by atoms with Crippen LogP contribution in [0.1, 0.15) is 104 Å². The van der Waals surface area contributed by atoms with Crippen molar-refractivity contribution in [3.8, 4) is 0 Å². The van der Waals surface area contributed by atoms with Gasteiger partial charge in [0.2, 0.25) is 0 Å². The van der Waals surface area contributed by atoms with Crippen LogP contribution in [0.2, 0.25) is 0 Å². The van der Waals surface area contributed by atoms with Crippen LogP contribution in [-0.2, 0) is 0 Å². The third kappa shape index (κ3) is 14.2. The number of nitrogens with two attached hydrogens (primary N) is 1. The van der Waals surface area contributed by atoms with Gasteiger partial charge in [-0.05, 0) is 18.9 Å². The molecular formula is C18H39N. The molecule has 0 bridgehead atoms. The summed E-state index contributed by atoms with van der Waals surface area (Å²) >= 11 is 0. The van der Waals surface area contributed by atoms with Gasteiger partial charge in [-0.25, -0.2) is 0 Å². The lowest BCUT2D eigenvalue weighted by Crippen LogP contribution is -2.04. The minimum absolute atomic E-state index is 0.874. The van der Waals surface area contributed by atoms with Gasteiger partial charge in [0.15, 0.2) is 0 Å². The highest BCUT2D eigenvalue weighted by molar-refractivity contribution is 4.61. The molecule has 0 heterocycles. The van der Waals surface area contributed by atoms with Crippen LogP contribution >= 0.6 is 0 Å². The van der Waals surface area contributed by atoms with Crippen molar-refractivity contribution in [2.75, 3.05) is 6.54 Å². The Hall–Kier alpha value is -0.0400. The van der Waals surface area contributed by atoms with Crippen molar-refractivity contribution in [2.45, 2.75) is 104 Å². The molecular weight excluding hydrogens is 230 g/mol. The molecule has 0 amide bonds. The van der Waals surface area contributed by atoms with E-state index in [1.54, 1.807) is 0 Å². The van der Waals surface area contributed by atoms with E-state index in [2.05, 4.69) is 13.8 Å². The topological polar surface area (TPSA) is 26.0 Å². The van der Waals surface area contributed by atoms with Crippen LogP contribution < -0.4 is 5.73 Å². The van der Waals surface area contributed by atoms with Crippen molar-refractivity contribution >= 4 is 0 Å². The highest BCUT2D eigenvalue weighted by atomic mass is 14.5. The lowest BCUT2D eigenvalue weighted by atomic mass is 9.90. The van der Waals surface area contributed by atoms with E-state index in [0.717, 1.165) is 12.5 Å². The van der Waals surface area contributed by atoms with Gasteiger partial charge in [0.05, 0.1) is 0 Å². The van der Waals surface area contributed by atoms with Gasteiger partial charge in [-0.1, -0.05) is 97.3 Å². The molecule has 0 spiro atoms. The normalized spacial score (nSPS) is 12.8. The van der Waals surface area contributed by atoms with E-state index in [9.17, 15) is 0 Å². The quantitative estimate of drug-likeness (QED) is 0.359.